The molecule has 4 aromatic rings. The number of benzene rings is 2. The van der Waals surface area contributed by atoms with E-state index in [9.17, 15) is 13.2 Å². The predicted octanol–water partition coefficient (Wildman–Crippen LogP) is 4.14. The van der Waals surface area contributed by atoms with Crippen molar-refractivity contribution in [1.82, 2.24) is 14.9 Å². The van der Waals surface area contributed by atoms with Crippen molar-refractivity contribution < 1.29 is 22.7 Å². The van der Waals surface area contributed by atoms with Crippen LogP contribution in [0.3, 0.4) is 0 Å². The average molecular weight is 519 g/mol. The number of methoxy groups -OCH3 is 1. The minimum absolute atomic E-state index is 0.103. The van der Waals surface area contributed by atoms with Crippen LogP contribution in [-0.4, -0.2) is 42.1 Å². The number of amides is 1. The van der Waals surface area contributed by atoms with Gasteiger partial charge in [-0.1, -0.05) is 12.1 Å². The predicted molar refractivity (Wildman–Crippen MR) is 140 cm³/mol. The molecule has 0 saturated heterocycles. The van der Waals surface area contributed by atoms with Crippen LogP contribution in [0.1, 0.15) is 34.0 Å². The summed E-state index contributed by atoms with van der Waals surface area (Å²) in [7, 11) is -2.02. The second kappa shape index (κ2) is 10.1. The van der Waals surface area contributed by atoms with Crippen LogP contribution in [0, 0.1) is 0 Å². The zero-order valence-electron chi connectivity index (χ0n) is 20.5. The van der Waals surface area contributed by atoms with Gasteiger partial charge in [0, 0.05) is 42.6 Å². The maximum absolute atomic E-state index is 13.8. The van der Waals surface area contributed by atoms with Gasteiger partial charge in [0.25, 0.3) is 5.91 Å². The van der Waals surface area contributed by atoms with Crippen LogP contribution in [-0.2, 0) is 29.7 Å². The molecule has 3 heterocycles. The summed E-state index contributed by atoms with van der Waals surface area (Å²) in [5, 5.41) is 0.571. The van der Waals surface area contributed by atoms with Gasteiger partial charge in [-0.05, 0) is 54.4 Å². The second-order valence-electron chi connectivity index (χ2n) is 8.62. The first-order valence-corrected chi connectivity index (χ1v) is 13.4. The Balaban J connectivity index is 1.62. The van der Waals surface area contributed by atoms with E-state index in [1.165, 1.54) is 0 Å². The van der Waals surface area contributed by atoms with Crippen LogP contribution in [0.15, 0.2) is 67.1 Å². The minimum atomic E-state index is -3.62. The highest BCUT2D eigenvalue weighted by Crippen LogP contribution is 2.44. The molecule has 2 aromatic carbocycles. The molecule has 0 radical (unpaired) electrons. The van der Waals surface area contributed by atoms with Crippen molar-refractivity contribution in [3.05, 3.63) is 89.4 Å². The number of hydrogen-bond acceptors (Lipinski definition) is 7. The summed E-state index contributed by atoms with van der Waals surface area (Å²) in [6, 6.07) is 14.6. The molecule has 0 spiro atoms. The number of rotatable bonds is 9. The fourth-order valence-electron chi connectivity index (χ4n) is 4.33. The standard InChI is InChI=1S/C27H26N4O5S/c1-3-37(33,34)30-24-21-5-4-12-29-25(21)26(36-17-19-6-8-20(35-2)9-7-19)23-22(24)16-31(27(23)32)15-18-10-13-28-14-11-18/h4-14,30H,3,15-17H2,1-2H3. The molecule has 37 heavy (non-hydrogen) atoms. The Bertz CT molecular complexity index is 1560. The number of hydrogen-bond donors (Lipinski definition) is 1. The number of anilines is 1. The SMILES string of the molecule is CCS(=O)(=O)Nc1c2c(c(OCc3ccc(OC)cc3)c3ncccc13)C(=O)N(Cc1ccncc1)C2. The van der Waals surface area contributed by atoms with Gasteiger partial charge in [0.2, 0.25) is 10.0 Å². The topological polar surface area (TPSA) is 111 Å². The summed E-state index contributed by atoms with van der Waals surface area (Å²) in [4.78, 5) is 24.0. The lowest BCUT2D eigenvalue weighted by molar-refractivity contribution is 0.0763. The third kappa shape index (κ3) is 4.92. The van der Waals surface area contributed by atoms with Crippen LogP contribution in [0.2, 0.25) is 0 Å². The second-order valence-corrected chi connectivity index (χ2v) is 10.6. The molecule has 0 aliphatic carbocycles. The molecule has 9 nitrogen and oxygen atoms in total. The molecule has 0 saturated carbocycles. The number of nitrogens with zero attached hydrogens (tertiary/aromatic N) is 3. The molecule has 1 amide bonds. The number of aromatic nitrogens is 2. The molecular weight excluding hydrogens is 492 g/mol. The maximum Gasteiger partial charge on any atom is 0.258 e. The van der Waals surface area contributed by atoms with Crippen LogP contribution in [0.4, 0.5) is 5.69 Å². The lowest BCUT2D eigenvalue weighted by Gasteiger charge is -2.17. The summed E-state index contributed by atoms with van der Waals surface area (Å²) in [6.45, 7) is 2.33. The molecule has 0 fully saturated rings. The van der Waals surface area contributed by atoms with Crippen LogP contribution in [0.5, 0.6) is 11.5 Å². The van der Waals surface area contributed by atoms with Gasteiger partial charge in [0.1, 0.15) is 17.9 Å². The van der Waals surface area contributed by atoms with Crippen molar-refractivity contribution in [3.8, 4) is 11.5 Å². The number of ether oxygens (including phenoxy) is 2. The van der Waals surface area contributed by atoms with Gasteiger partial charge in [-0.25, -0.2) is 8.42 Å². The van der Waals surface area contributed by atoms with Gasteiger partial charge < -0.3 is 14.4 Å². The molecule has 0 bridgehead atoms. The van der Waals surface area contributed by atoms with E-state index < -0.39 is 10.0 Å². The third-order valence-corrected chi connectivity index (χ3v) is 7.55. The highest BCUT2D eigenvalue weighted by Gasteiger charge is 2.36. The van der Waals surface area contributed by atoms with Crippen molar-refractivity contribution in [2.75, 3.05) is 17.6 Å². The number of nitrogens with one attached hydrogen (secondary N) is 1. The van der Waals surface area contributed by atoms with E-state index in [-0.39, 0.29) is 24.8 Å². The van der Waals surface area contributed by atoms with Crippen molar-refractivity contribution in [2.45, 2.75) is 26.6 Å². The molecule has 0 atom stereocenters. The van der Waals surface area contributed by atoms with Crippen molar-refractivity contribution in [1.29, 1.82) is 0 Å². The summed E-state index contributed by atoms with van der Waals surface area (Å²) < 4.78 is 39.5. The Morgan fingerprint density at radius 2 is 1.78 bits per heavy atom. The van der Waals surface area contributed by atoms with E-state index >= 15 is 0 Å². The highest BCUT2D eigenvalue weighted by atomic mass is 32.2. The molecule has 1 aliphatic rings. The number of sulfonamides is 1. The van der Waals surface area contributed by atoms with E-state index in [0.29, 0.717) is 40.0 Å². The van der Waals surface area contributed by atoms with Gasteiger partial charge in [-0.3, -0.25) is 19.5 Å². The van der Waals surface area contributed by atoms with Gasteiger partial charge in [0.05, 0.1) is 24.1 Å². The first kappa shape index (κ1) is 24.5. The zero-order valence-corrected chi connectivity index (χ0v) is 21.3. The summed E-state index contributed by atoms with van der Waals surface area (Å²) >= 11 is 0. The fraction of sp³-hybridized carbons (Fsp3) is 0.222. The van der Waals surface area contributed by atoms with E-state index in [1.54, 1.807) is 49.7 Å². The Labute approximate surface area is 215 Å². The molecule has 1 N–H and O–H groups in total. The summed E-state index contributed by atoms with van der Waals surface area (Å²) in [5.74, 6) is 0.712. The Kier molecular flexibility index (Phi) is 6.66. The molecule has 5 rings (SSSR count). The Morgan fingerprint density at radius 3 is 2.49 bits per heavy atom. The van der Waals surface area contributed by atoms with E-state index in [4.69, 9.17) is 9.47 Å². The van der Waals surface area contributed by atoms with Crippen molar-refractivity contribution in [3.63, 3.8) is 0 Å². The van der Waals surface area contributed by atoms with Crippen molar-refractivity contribution in [2.24, 2.45) is 0 Å². The number of carbonyl (C=O) groups is 1. The highest BCUT2D eigenvalue weighted by molar-refractivity contribution is 7.92. The Hall–Kier alpha value is -4.18. The minimum Gasteiger partial charge on any atom is -0.497 e. The lowest BCUT2D eigenvalue weighted by Crippen LogP contribution is -2.23. The van der Waals surface area contributed by atoms with Crippen molar-refractivity contribution >= 4 is 32.5 Å². The van der Waals surface area contributed by atoms with E-state index in [2.05, 4.69) is 14.7 Å². The zero-order chi connectivity index (χ0) is 26.0. The smallest absolute Gasteiger partial charge is 0.258 e. The van der Waals surface area contributed by atoms with Gasteiger partial charge >= 0.3 is 0 Å². The van der Waals surface area contributed by atoms with Crippen LogP contribution < -0.4 is 14.2 Å². The van der Waals surface area contributed by atoms with Gasteiger partial charge in [-0.2, -0.15) is 0 Å². The van der Waals surface area contributed by atoms with Gasteiger partial charge in [-0.15, -0.1) is 0 Å². The molecule has 10 heteroatoms. The van der Waals surface area contributed by atoms with E-state index in [1.807, 2.05) is 36.4 Å². The lowest BCUT2D eigenvalue weighted by atomic mass is 10.0. The third-order valence-electron chi connectivity index (χ3n) is 6.28. The van der Waals surface area contributed by atoms with E-state index in [0.717, 1.165) is 16.9 Å². The monoisotopic (exact) mass is 518 g/mol. The first-order valence-electron chi connectivity index (χ1n) is 11.8. The first-order chi connectivity index (χ1) is 17.9. The van der Waals surface area contributed by atoms with Crippen LogP contribution >= 0.6 is 0 Å². The fourth-order valence-corrected chi connectivity index (χ4v) is 5.02. The molecule has 1 aliphatic heterocycles. The number of carbonyl (C=O) groups excluding carboxylic acids is 1. The molecular formula is C27H26N4O5S. The maximum atomic E-state index is 13.8. The number of fused-ring (bicyclic) bond motifs is 2. The largest absolute Gasteiger partial charge is 0.497 e. The Morgan fingerprint density at radius 1 is 1.03 bits per heavy atom. The van der Waals surface area contributed by atoms with Crippen LogP contribution in [0.25, 0.3) is 10.9 Å². The molecule has 190 valence electrons. The number of pyridine rings is 2. The molecule has 0 unspecified atom stereocenters. The molecule has 2 aromatic heterocycles. The summed E-state index contributed by atoms with van der Waals surface area (Å²) in [6.07, 6.45) is 4.94. The quantitative estimate of drug-likeness (QED) is 0.355. The summed E-state index contributed by atoms with van der Waals surface area (Å²) in [5.41, 5.74) is 3.47. The average Bonchev–Trinajstić information content (AvgIpc) is 3.24. The normalized spacial score (nSPS) is 13.0. The van der Waals surface area contributed by atoms with Gasteiger partial charge in [0.15, 0.2) is 5.75 Å².